The first-order valence-corrected chi connectivity index (χ1v) is 7.29. The summed E-state index contributed by atoms with van der Waals surface area (Å²) in [4.78, 5) is 14.0. The van der Waals surface area contributed by atoms with Crippen molar-refractivity contribution in [3.05, 3.63) is 0 Å². The van der Waals surface area contributed by atoms with Crippen molar-refractivity contribution in [1.29, 1.82) is 0 Å². The van der Waals surface area contributed by atoms with Gasteiger partial charge >= 0.3 is 0 Å². The van der Waals surface area contributed by atoms with E-state index in [1.165, 1.54) is 19.3 Å². The number of rotatable bonds is 7. The van der Waals surface area contributed by atoms with Crippen molar-refractivity contribution in [2.24, 2.45) is 0 Å². The van der Waals surface area contributed by atoms with Crippen LogP contribution in [0.3, 0.4) is 0 Å². The molecule has 100 valence electrons. The van der Waals surface area contributed by atoms with Gasteiger partial charge in [-0.15, -0.1) is 0 Å². The minimum atomic E-state index is 0.341. The minimum Gasteiger partial charge on any atom is -0.343 e. The highest BCUT2D eigenvalue weighted by atomic mass is 16.2. The fourth-order valence-corrected chi connectivity index (χ4v) is 2.43. The number of amides is 1. The normalized spacial score (nSPS) is 20.2. The lowest BCUT2D eigenvalue weighted by Crippen LogP contribution is -2.37. The van der Waals surface area contributed by atoms with Crippen LogP contribution in [0.25, 0.3) is 0 Å². The summed E-state index contributed by atoms with van der Waals surface area (Å²) in [6, 6.07) is 0.581. The van der Waals surface area contributed by atoms with Crippen molar-refractivity contribution in [1.82, 2.24) is 10.2 Å². The number of carbonyl (C=O) groups is 1. The van der Waals surface area contributed by atoms with Crippen molar-refractivity contribution < 1.29 is 4.79 Å². The molecule has 1 aliphatic rings. The largest absolute Gasteiger partial charge is 0.343 e. The third-order valence-electron chi connectivity index (χ3n) is 3.64. The monoisotopic (exact) mass is 240 g/mol. The molecule has 1 amide bonds. The van der Waals surface area contributed by atoms with Crippen LogP contribution >= 0.6 is 0 Å². The van der Waals surface area contributed by atoms with E-state index in [1.54, 1.807) is 0 Å². The summed E-state index contributed by atoms with van der Waals surface area (Å²) in [7, 11) is 0. The lowest BCUT2D eigenvalue weighted by atomic mass is 10.0. The van der Waals surface area contributed by atoms with Gasteiger partial charge in [-0.1, -0.05) is 19.8 Å². The van der Waals surface area contributed by atoms with E-state index in [2.05, 4.69) is 19.2 Å². The number of piperidine rings is 1. The van der Waals surface area contributed by atoms with Crippen LogP contribution in [0.15, 0.2) is 0 Å². The SMILES string of the molecule is CCCCN(CC)C(=O)CCC1CCCCN1. The zero-order valence-corrected chi connectivity index (χ0v) is 11.5. The Morgan fingerprint density at radius 1 is 1.35 bits per heavy atom. The summed E-state index contributed by atoms with van der Waals surface area (Å²) >= 11 is 0. The molecular weight excluding hydrogens is 212 g/mol. The predicted octanol–water partition coefficient (Wildman–Crippen LogP) is 2.56. The molecular formula is C14H28N2O. The average molecular weight is 240 g/mol. The van der Waals surface area contributed by atoms with Crippen molar-refractivity contribution >= 4 is 5.91 Å². The van der Waals surface area contributed by atoms with E-state index >= 15 is 0 Å². The molecule has 1 unspecified atom stereocenters. The standard InChI is InChI=1S/C14H28N2O/c1-3-5-12-16(4-2)14(17)10-9-13-8-6-7-11-15-13/h13,15H,3-12H2,1-2H3. The van der Waals surface area contributed by atoms with Gasteiger partial charge in [0, 0.05) is 25.6 Å². The van der Waals surface area contributed by atoms with Crippen LogP contribution in [0.4, 0.5) is 0 Å². The van der Waals surface area contributed by atoms with Crippen LogP contribution in [0.1, 0.15) is 58.8 Å². The van der Waals surface area contributed by atoms with Gasteiger partial charge in [0.05, 0.1) is 0 Å². The number of carbonyl (C=O) groups excluding carboxylic acids is 1. The lowest BCUT2D eigenvalue weighted by molar-refractivity contribution is -0.131. The first kappa shape index (κ1) is 14.5. The second-order valence-electron chi connectivity index (χ2n) is 5.01. The Hall–Kier alpha value is -0.570. The number of nitrogens with one attached hydrogen (secondary N) is 1. The Morgan fingerprint density at radius 2 is 2.18 bits per heavy atom. The summed E-state index contributed by atoms with van der Waals surface area (Å²) in [5, 5.41) is 3.50. The van der Waals surface area contributed by atoms with E-state index in [-0.39, 0.29) is 0 Å². The minimum absolute atomic E-state index is 0.341. The maximum absolute atomic E-state index is 12.0. The zero-order valence-electron chi connectivity index (χ0n) is 11.5. The molecule has 1 N–H and O–H groups in total. The van der Waals surface area contributed by atoms with Gasteiger partial charge in [-0.2, -0.15) is 0 Å². The molecule has 1 saturated heterocycles. The molecule has 0 aromatic rings. The number of hydrogen-bond donors (Lipinski definition) is 1. The second kappa shape index (κ2) is 8.51. The van der Waals surface area contributed by atoms with Crippen LogP contribution < -0.4 is 5.32 Å². The molecule has 1 heterocycles. The first-order chi connectivity index (χ1) is 8.27. The van der Waals surface area contributed by atoms with E-state index in [9.17, 15) is 4.79 Å². The number of hydrogen-bond acceptors (Lipinski definition) is 2. The molecule has 1 rings (SSSR count). The quantitative estimate of drug-likeness (QED) is 0.742. The maximum Gasteiger partial charge on any atom is 0.222 e. The molecule has 17 heavy (non-hydrogen) atoms. The molecule has 0 bridgehead atoms. The summed E-state index contributed by atoms with van der Waals surface area (Å²) in [6.45, 7) is 7.17. The van der Waals surface area contributed by atoms with Gasteiger partial charge in [0.1, 0.15) is 0 Å². The Bertz CT molecular complexity index is 212. The summed E-state index contributed by atoms with van der Waals surface area (Å²) < 4.78 is 0. The fourth-order valence-electron chi connectivity index (χ4n) is 2.43. The van der Waals surface area contributed by atoms with Gasteiger partial charge in [-0.05, 0) is 39.2 Å². The van der Waals surface area contributed by atoms with E-state index in [0.29, 0.717) is 11.9 Å². The molecule has 0 radical (unpaired) electrons. The highest BCUT2D eigenvalue weighted by Gasteiger charge is 2.16. The summed E-state index contributed by atoms with van der Waals surface area (Å²) in [6.07, 6.45) is 7.88. The Balaban J connectivity index is 2.21. The molecule has 1 aliphatic heterocycles. The van der Waals surface area contributed by atoms with E-state index in [0.717, 1.165) is 45.3 Å². The lowest BCUT2D eigenvalue weighted by Gasteiger charge is -2.25. The van der Waals surface area contributed by atoms with Crippen LogP contribution in [0.5, 0.6) is 0 Å². The van der Waals surface area contributed by atoms with Crippen molar-refractivity contribution in [3.63, 3.8) is 0 Å². The maximum atomic E-state index is 12.0. The van der Waals surface area contributed by atoms with Crippen LogP contribution in [0, 0.1) is 0 Å². The first-order valence-electron chi connectivity index (χ1n) is 7.29. The predicted molar refractivity (Wildman–Crippen MR) is 72.0 cm³/mol. The van der Waals surface area contributed by atoms with E-state index in [4.69, 9.17) is 0 Å². The van der Waals surface area contributed by atoms with Gasteiger partial charge in [-0.25, -0.2) is 0 Å². The Labute approximate surface area is 106 Å². The third kappa shape index (κ3) is 5.53. The molecule has 0 aromatic carbocycles. The van der Waals surface area contributed by atoms with E-state index in [1.807, 2.05) is 4.90 Å². The molecule has 3 heteroatoms. The second-order valence-corrected chi connectivity index (χ2v) is 5.01. The molecule has 3 nitrogen and oxygen atoms in total. The Kier molecular flexibility index (Phi) is 7.25. The van der Waals surface area contributed by atoms with E-state index < -0.39 is 0 Å². The Morgan fingerprint density at radius 3 is 2.76 bits per heavy atom. The van der Waals surface area contributed by atoms with Crippen LogP contribution in [0.2, 0.25) is 0 Å². The van der Waals surface area contributed by atoms with Crippen LogP contribution in [-0.2, 0) is 4.79 Å². The fraction of sp³-hybridized carbons (Fsp3) is 0.929. The van der Waals surface area contributed by atoms with Crippen molar-refractivity contribution in [2.45, 2.75) is 64.8 Å². The molecule has 0 saturated carbocycles. The smallest absolute Gasteiger partial charge is 0.222 e. The summed E-state index contributed by atoms with van der Waals surface area (Å²) in [5.74, 6) is 0.341. The highest BCUT2D eigenvalue weighted by molar-refractivity contribution is 5.76. The van der Waals surface area contributed by atoms with Gasteiger partial charge < -0.3 is 10.2 Å². The summed E-state index contributed by atoms with van der Waals surface area (Å²) in [5.41, 5.74) is 0. The van der Waals surface area contributed by atoms with Gasteiger partial charge in [0.25, 0.3) is 0 Å². The van der Waals surface area contributed by atoms with Crippen molar-refractivity contribution in [3.8, 4) is 0 Å². The number of nitrogens with zero attached hydrogens (tertiary/aromatic N) is 1. The van der Waals surface area contributed by atoms with Gasteiger partial charge in [0.15, 0.2) is 0 Å². The molecule has 0 spiro atoms. The molecule has 0 aromatic heterocycles. The molecule has 0 aliphatic carbocycles. The highest BCUT2D eigenvalue weighted by Crippen LogP contribution is 2.12. The zero-order chi connectivity index (χ0) is 12.5. The molecule has 1 fully saturated rings. The number of unbranched alkanes of at least 4 members (excludes halogenated alkanes) is 1. The van der Waals surface area contributed by atoms with Gasteiger partial charge in [-0.3, -0.25) is 4.79 Å². The van der Waals surface area contributed by atoms with Crippen LogP contribution in [-0.4, -0.2) is 36.5 Å². The van der Waals surface area contributed by atoms with Crippen molar-refractivity contribution in [2.75, 3.05) is 19.6 Å². The average Bonchev–Trinajstić information content (AvgIpc) is 2.38. The topological polar surface area (TPSA) is 32.3 Å². The third-order valence-corrected chi connectivity index (χ3v) is 3.64. The van der Waals surface area contributed by atoms with Gasteiger partial charge in [0.2, 0.25) is 5.91 Å². The molecule has 1 atom stereocenters.